The molecule has 114 valence electrons. The van der Waals surface area contributed by atoms with Crippen LogP contribution in [0.2, 0.25) is 0 Å². The monoisotopic (exact) mass is 310 g/mol. The predicted octanol–water partition coefficient (Wildman–Crippen LogP) is 2.44. The molecule has 1 aromatic heterocycles. The second-order valence-corrected chi connectivity index (χ2v) is 4.48. The summed E-state index contributed by atoms with van der Waals surface area (Å²) in [6, 6.07) is 9.29. The third-order valence-electron chi connectivity index (χ3n) is 3.05. The highest BCUT2D eigenvalue weighted by Crippen LogP contribution is 2.20. The Morgan fingerprint density at radius 1 is 1.38 bits per heavy atom. The Hall–Kier alpha value is -1.98. The summed E-state index contributed by atoms with van der Waals surface area (Å²) in [4.78, 5) is 13.9. The van der Waals surface area contributed by atoms with Gasteiger partial charge in [-0.05, 0) is 12.1 Å². The molecule has 2 N–H and O–H groups in total. The van der Waals surface area contributed by atoms with Crippen LogP contribution in [0.15, 0.2) is 41.0 Å². The van der Waals surface area contributed by atoms with E-state index < -0.39 is 0 Å². The van der Waals surface area contributed by atoms with Crippen molar-refractivity contribution < 1.29 is 13.9 Å². The highest BCUT2D eigenvalue weighted by Gasteiger charge is 2.16. The van der Waals surface area contributed by atoms with Crippen molar-refractivity contribution in [2.24, 2.45) is 5.73 Å². The smallest absolute Gasteiger partial charge is 0.257 e. The number of methoxy groups -OCH3 is 1. The van der Waals surface area contributed by atoms with E-state index in [0.29, 0.717) is 17.9 Å². The van der Waals surface area contributed by atoms with E-state index in [1.807, 2.05) is 24.3 Å². The van der Waals surface area contributed by atoms with Crippen molar-refractivity contribution in [3.05, 3.63) is 53.5 Å². The van der Waals surface area contributed by atoms with Crippen LogP contribution in [0.3, 0.4) is 0 Å². The number of nitrogens with two attached hydrogens (primary N) is 1. The number of para-hydroxylation sites is 1. The summed E-state index contributed by atoms with van der Waals surface area (Å²) in [5.41, 5.74) is 6.92. The number of hydrogen-bond acceptors (Lipinski definition) is 4. The van der Waals surface area contributed by atoms with E-state index in [1.165, 1.54) is 6.26 Å². The van der Waals surface area contributed by atoms with E-state index >= 15 is 0 Å². The molecule has 0 aliphatic heterocycles. The molecule has 0 bridgehead atoms. The number of carbonyl (C=O) groups excluding carboxylic acids is 1. The standard InChI is InChI=1S/C15H18N2O3.ClH/c1-17(9-11-5-3-4-6-14(11)19-2)15(18)12-7-13(8-16)20-10-12;/h3-7,10H,8-9,16H2,1-2H3;1H. The molecule has 0 aliphatic carbocycles. The molecule has 1 aromatic carbocycles. The van der Waals surface area contributed by atoms with Crippen molar-refractivity contribution in [3.63, 3.8) is 0 Å². The maximum atomic E-state index is 12.3. The van der Waals surface area contributed by atoms with Gasteiger partial charge in [-0.1, -0.05) is 18.2 Å². The highest BCUT2D eigenvalue weighted by molar-refractivity contribution is 5.93. The molecule has 21 heavy (non-hydrogen) atoms. The second-order valence-electron chi connectivity index (χ2n) is 4.48. The number of ether oxygens (including phenoxy) is 1. The van der Waals surface area contributed by atoms with Crippen LogP contribution in [0.4, 0.5) is 0 Å². The minimum atomic E-state index is -0.112. The Morgan fingerprint density at radius 2 is 2.10 bits per heavy atom. The fraction of sp³-hybridized carbons (Fsp3) is 0.267. The number of rotatable bonds is 5. The van der Waals surface area contributed by atoms with Crippen LogP contribution in [0.25, 0.3) is 0 Å². The van der Waals surface area contributed by atoms with Crippen molar-refractivity contribution in [2.45, 2.75) is 13.1 Å². The third kappa shape index (κ3) is 4.00. The van der Waals surface area contributed by atoms with Gasteiger partial charge in [0.2, 0.25) is 0 Å². The number of carbonyl (C=O) groups is 1. The van der Waals surface area contributed by atoms with Gasteiger partial charge in [0.1, 0.15) is 17.8 Å². The van der Waals surface area contributed by atoms with Crippen molar-refractivity contribution in [3.8, 4) is 5.75 Å². The van der Waals surface area contributed by atoms with Gasteiger partial charge < -0.3 is 19.8 Å². The van der Waals surface area contributed by atoms with Gasteiger partial charge in [0.25, 0.3) is 5.91 Å². The predicted molar refractivity (Wildman–Crippen MR) is 82.6 cm³/mol. The van der Waals surface area contributed by atoms with Crippen LogP contribution in [0, 0.1) is 0 Å². The van der Waals surface area contributed by atoms with Gasteiger partial charge in [0.05, 0.1) is 19.2 Å². The van der Waals surface area contributed by atoms with E-state index in [9.17, 15) is 4.79 Å². The zero-order chi connectivity index (χ0) is 14.5. The molecule has 0 saturated carbocycles. The van der Waals surface area contributed by atoms with Gasteiger partial charge in [-0.3, -0.25) is 4.79 Å². The van der Waals surface area contributed by atoms with Crippen LogP contribution in [0.1, 0.15) is 21.7 Å². The molecule has 0 unspecified atom stereocenters. The molecule has 0 radical (unpaired) electrons. The van der Waals surface area contributed by atoms with Gasteiger partial charge in [0.15, 0.2) is 0 Å². The van der Waals surface area contributed by atoms with Crippen molar-refractivity contribution in [1.29, 1.82) is 0 Å². The molecule has 0 spiro atoms. The molecule has 0 saturated heterocycles. The number of furan rings is 1. The topological polar surface area (TPSA) is 68.7 Å². The summed E-state index contributed by atoms with van der Waals surface area (Å²) in [6.07, 6.45) is 1.43. The maximum absolute atomic E-state index is 12.3. The molecule has 1 heterocycles. The summed E-state index contributed by atoms with van der Waals surface area (Å²) in [5, 5.41) is 0. The van der Waals surface area contributed by atoms with Crippen molar-refractivity contribution in [2.75, 3.05) is 14.2 Å². The molecular weight excluding hydrogens is 292 g/mol. The van der Waals surface area contributed by atoms with Gasteiger partial charge in [0, 0.05) is 19.2 Å². The van der Waals surface area contributed by atoms with E-state index in [-0.39, 0.29) is 24.9 Å². The lowest BCUT2D eigenvalue weighted by molar-refractivity contribution is 0.0783. The Bertz CT molecular complexity index is 598. The van der Waals surface area contributed by atoms with Crippen LogP contribution in [0.5, 0.6) is 5.75 Å². The summed E-state index contributed by atoms with van der Waals surface area (Å²) >= 11 is 0. The van der Waals surface area contributed by atoms with Crippen molar-refractivity contribution >= 4 is 18.3 Å². The summed E-state index contributed by atoms with van der Waals surface area (Å²) in [7, 11) is 3.36. The van der Waals surface area contributed by atoms with Gasteiger partial charge in [-0.25, -0.2) is 0 Å². The van der Waals surface area contributed by atoms with Crippen LogP contribution in [-0.4, -0.2) is 25.0 Å². The van der Waals surface area contributed by atoms with E-state index in [4.69, 9.17) is 14.9 Å². The van der Waals surface area contributed by atoms with Gasteiger partial charge in [-0.15, -0.1) is 12.4 Å². The minimum Gasteiger partial charge on any atom is -0.496 e. The van der Waals surface area contributed by atoms with E-state index in [0.717, 1.165) is 11.3 Å². The summed E-state index contributed by atoms with van der Waals surface area (Å²) < 4.78 is 10.5. The number of nitrogens with zero attached hydrogens (tertiary/aromatic N) is 1. The second kappa shape index (κ2) is 7.71. The quantitative estimate of drug-likeness (QED) is 0.921. The molecule has 1 amide bonds. The van der Waals surface area contributed by atoms with Crippen LogP contribution < -0.4 is 10.5 Å². The number of hydrogen-bond donors (Lipinski definition) is 1. The number of amides is 1. The number of benzene rings is 1. The normalized spacial score (nSPS) is 9.86. The molecule has 2 rings (SSSR count). The Kier molecular flexibility index (Phi) is 6.27. The van der Waals surface area contributed by atoms with Gasteiger partial charge >= 0.3 is 0 Å². The molecule has 2 aromatic rings. The fourth-order valence-corrected chi connectivity index (χ4v) is 1.98. The first-order chi connectivity index (χ1) is 9.65. The molecule has 0 fully saturated rings. The summed E-state index contributed by atoms with van der Waals surface area (Å²) in [5.74, 6) is 1.25. The Labute approximate surface area is 130 Å². The molecule has 6 heteroatoms. The Morgan fingerprint density at radius 3 is 2.71 bits per heavy atom. The van der Waals surface area contributed by atoms with E-state index in [2.05, 4.69) is 0 Å². The van der Waals surface area contributed by atoms with Gasteiger partial charge in [-0.2, -0.15) is 0 Å². The average molecular weight is 311 g/mol. The summed E-state index contributed by atoms with van der Waals surface area (Å²) in [6.45, 7) is 0.746. The third-order valence-corrected chi connectivity index (χ3v) is 3.05. The maximum Gasteiger partial charge on any atom is 0.257 e. The van der Waals surface area contributed by atoms with E-state index in [1.54, 1.807) is 25.1 Å². The first-order valence-corrected chi connectivity index (χ1v) is 6.30. The number of halogens is 1. The van der Waals surface area contributed by atoms with Crippen LogP contribution >= 0.6 is 12.4 Å². The lowest BCUT2D eigenvalue weighted by Gasteiger charge is -2.18. The SMILES string of the molecule is COc1ccccc1CN(C)C(=O)c1coc(CN)c1.Cl. The lowest BCUT2D eigenvalue weighted by atomic mass is 10.2. The fourth-order valence-electron chi connectivity index (χ4n) is 1.98. The van der Waals surface area contributed by atoms with Crippen LogP contribution in [-0.2, 0) is 13.1 Å². The zero-order valence-electron chi connectivity index (χ0n) is 12.0. The lowest BCUT2D eigenvalue weighted by Crippen LogP contribution is -2.26. The molecule has 0 aliphatic rings. The first-order valence-electron chi connectivity index (χ1n) is 6.30. The zero-order valence-corrected chi connectivity index (χ0v) is 12.9. The highest BCUT2D eigenvalue weighted by atomic mass is 35.5. The van der Waals surface area contributed by atoms with Crippen molar-refractivity contribution in [1.82, 2.24) is 4.90 Å². The molecule has 5 nitrogen and oxygen atoms in total. The first kappa shape index (κ1) is 17.1. The molecular formula is C15H19ClN2O3. The largest absolute Gasteiger partial charge is 0.496 e. The molecule has 0 atom stereocenters. The Balaban J connectivity index is 0.00000220. The minimum absolute atomic E-state index is 0. The average Bonchev–Trinajstić information content (AvgIpc) is 2.95.